The SMILES string of the molecule is CC(NC(=O)COc1ccc(N2CCCC2=O)cc1)c1ccc(F)cc1F. The molecule has 3 rings (SSSR count). The third-order valence-corrected chi connectivity index (χ3v) is 4.40. The molecule has 2 aromatic rings. The lowest BCUT2D eigenvalue weighted by atomic mass is 10.1. The molecular weight excluding hydrogens is 354 g/mol. The van der Waals surface area contributed by atoms with Crippen LogP contribution in [0.25, 0.3) is 0 Å². The van der Waals surface area contributed by atoms with Gasteiger partial charge in [-0.2, -0.15) is 0 Å². The van der Waals surface area contributed by atoms with Crippen LogP contribution in [0.2, 0.25) is 0 Å². The van der Waals surface area contributed by atoms with Gasteiger partial charge in [-0.1, -0.05) is 6.07 Å². The predicted molar refractivity (Wildman–Crippen MR) is 96.4 cm³/mol. The zero-order valence-electron chi connectivity index (χ0n) is 14.9. The molecule has 0 aliphatic carbocycles. The van der Waals surface area contributed by atoms with Gasteiger partial charge in [-0.25, -0.2) is 8.78 Å². The smallest absolute Gasteiger partial charge is 0.258 e. The van der Waals surface area contributed by atoms with E-state index in [0.29, 0.717) is 18.7 Å². The van der Waals surface area contributed by atoms with Gasteiger partial charge in [0.15, 0.2) is 6.61 Å². The Morgan fingerprint density at radius 3 is 2.59 bits per heavy atom. The van der Waals surface area contributed by atoms with E-state index in [-0.39, 0.29) is 18.1 Å². The zero-order valence-corrected chi connectivity index (χ0v) is 14.9. The summed E-state index contributed by atoms with van der Waals surface area (Å²) in [5, 5.41) is 2.61. The molecule has 2 amide bonds. The van der Waals surface area contributed by atoms with Crippen LogP contribution in [0.15, 0.2) is 42.5 Å². The minimum atomic E-state index is -0.712. The van der Waals surface area contributed by atoms with E-state index >= 15 is 0 Å². The molecule has 0 spiro atoms. The van der Waals surface area contributed by atoms with Crippen molar-refractivity contribution >= 4 is 17.5 Å². The molecule has 1 aliphatic rings. The van der Waals surface area contributed by atoms with Crippen LogP contribution in [-0.2, 0) is 9.59 Å². The fraction of sp³-hybridized carbons (Fsp3) is 0.300. The number of amides is 2. The molecule has 1 N–H and O–H groups in total. The van der Waals surface area contributed by atoms with E-state index in [0.717, 1.165) is 24.2 Å². The Kier molecular flexibility index (Phi) is 5.69. The van der Waals surface area contributed by atoms with E-state index in [4.69, 9.17) is 4.74 Å². The quantitative estimate of drug-likeness (QED) is 0.844. The molecule has 27 heavy (non-hydrogen) atoms. The summed E-state index contributed by atoms with van der Waals surface area (Å²) in [6.07, 6.45) is 1.41. The summed E-state index contributed by atoms with van der Waals surface area (Å²) >= 11 is 0. The van der Waals surface area contributed by atoms with Gasteiger partial charge < -0.3 is 15.0 Å². The fourth-order valence-electron chi connectivity index (χ4n) is 3.01. The van der Waals surface area contributed by atoms with Gasteiger partial charge in [0.25, 0.3) is 5.91 Å². The van der Waals surface area contributed by atoms with E-state index in [1.807, 2.05) is 0 Å². The molecule has 0 aromatic heterocycles. The Morgan fingerprint density at radius 1 is 1.22 bits per heavy atom. The van der Waals surface area contributed by atoms with E-state index in [2.05, 4.69) is 5.32 Å². The number of ether oxygens (including phenoxy) is 1. The van der Waals surface area contributed by atoms with Gasteiger partial charge in [-0.05, 0) is 43.7 Å². The highest BCUT2D eigenvalue weighted by Gasteiger charge is 2.21. The summed E-state index contributed by atoms with van der Waals surface area (Å²) in [4.78, 5) is 25.5. The second kappa shape index (κ2) is 8.16. The molecule has 1 saturated heterocycles. The number of nitrogens with one attached hydrogen (secondary N) is 1. The summed E-state index contributed by atoms with van der Waals surface area (Å²) in [7, 11) is 0. The number of anilines is 1. The number of hydrogen-bond acceptors (Lipinski definition) is 3. The molecule has 0 radical (unpaired) electrons. The van der Waals surface area contributed by atoms with E-state index < -0.39 is 23.6 Å². The third-order valence-electron chi connectivity index (χ3n) is 4.40. The topological polar surface area (TPSA) is 58.6 Å². The van der Waals surface area contributed by atoms with Crippen molar-refractivity contribution in [3.63, 3.8) is 0 Å². The standard InChI is InChI=1S/C20H20F2N2O3/c1-13(17-9-4-14(21)11-18(17)22)23-19(25)12-27-16-7-5-15(6-8-16)24-10-2-3-20(24)26/h4-9,11,13H,2-3,10,12H2,1H3,(H,23,25). The summed E-state index contributed by atoms with van der Waals surface area (Å²) in [6, 6.07) is 9.53. The van der Waals surface area contributed by atoms with Gasteiger partial charge in [0.2, 0.25) is 5.91 Å². The van der Waals surface area contributed by atoms with Gasteiger partial charge in [0, 0.05) is 30.3 Å². The van der Waals surface area contributed by atoms with Crippen molar-refractivity contribution in [1.82, 2.24) is 5.32 Å². The summed E-state index contributed by atoms with van der Waals surface area (Å²) in [5.41, 5.74) is 0.999. The average Bonchev–Trinajstić information content (AvgIpc) is 3.06. The van der Waals surface area contributed by atoms with Crippen LogP contribution < -0.4 is 15.0 Å². The van der Waals surface area contributed by atoms with Gasteiger partial charge in [-0.15, -0.1) is 0 Å². The van der Waals surface area contributed by atoms with Crippen molar-refractivity contribution in [2.45, 2.75) is 25.8 Å². The van der Waals surface area contributed by atoms with Crippen LogP contribution >= 0.6 is 0 Å². The molecule has 1 aliphatic heterocycles. The first-order chi connectivity index (χ1) is 12.9. The minimum absolute atomic E-state index is 0.102. The Morgan fingerprint density at radius 2 is 1.96 bits per heavy atom. The predicted octanol–water partition coefficient (Wildman–Crippen LogP) is 3.35. The Bertz CT molecular complexity index is 840. The Hall–Kier alpha value is -2.96. The molecule has 1 heterocycles. The first-order valence-electron chi connectivity index (χ1n) is 8.71. The maximum absolute atomic E-state index is 13.7. The van der Waals surface area contributed by atoms with Gasteiger partial charge in [-0.3, -0.25) is 9.59 Å². The lowest BCUT2D eigenvalue weighted by Crippen LogP contribution is -2.31. The number of halogens is 2. The van der Waals surface area contributed by atoms with Crippen molar-refractivity contribution in [2.75, 3.05) is 18.1 Å². The van der Waals surface area contributed by atoms with Crippen LogP contribution in [0.1, 0.15) is 31.4 Å². The molecule has 1 fully saturated rings. The molecule has 0 bridgehead atoms. The van der Waals surface area contributed by atoms with Crippen LogP contribution in [-0.4, -0.2) is 25.0 Å². The number of benzene rings is 2. The summed E-state index contributed by atoms with van der Waals surface area (Å²) in [5.74, 6) is -1.22. The monoisotopic (exact) mass is 374 g/mol. The fourth-order valence-corrected chi connectivity index (χ4v) is 3.01. The highest BCUT2D eigenvalue weighted by molar-refractivity contribution is 5.95. The summed E-state index contributed by atoms with van der Waals surface area (Å²) in [6.45, 7) is 2.07. The van der Waals surface area contributed by atoms with Gasteiger partial charge in [0.1, 0.15) is 17.4 Å². The molecular formula is C20H20F2N2O3. The molecule has 5 nitrogen and oxygen atoms in total. The van der Waals surface area contributed by atoms with Crippen molar-refractivity contribution < 1.29 is 23.1 Å². The van der Waals surface area contributed by atoms with Gasteiger partial charge >= 0.3 is 0 Å². The highest BCUT2D eigenvalue weighted by atomic mass is 19.1. The molecule has 1 unspecified atom stereocenters. The second-order valence-corrected chi connectivity index (χ2v) is 6.39. The van der Waals surface area contributed by atoms with Crippen molar-refractivity contribution in [1.29, 1.82) is 0 Å². The molecule has 7 heteroatoms. The normalized spacial score (nSPS) is 14.9. The van der Waals surface area contributed by atoms with Crippen molar-refractivity contribution in [2.24, 2.45) is 0 Å². The Labute approximate surface area is 155 Å². The van der Waals surface area contributed by atoms with Crippen molar-refractivity contribution in [3.8, 4) is 5.75 Å². The van der Waals surface area contributed by atoms with Gasteiger partial charge in [0.05, 0.1) is 6.04 Å². The molecule has 2 aromatic carbocycles. The Balaban J connectivity index is 1.52. The maximum Gasteiger partial charge on any atom is 0.258 e. The maximum atomic E-state index is 13.7. The van der Waals surface area contributed by atoms with Crippen LogP contribution in [0.4, 0.5) is 14.5 Å². The van der Waals surface area contributed by atoms with E-state index in [1.165, 1.54) is 6.07 Å². The van der Waals surface area contributed by atoms with E-state index in [1.54, 1.807) is 36.1 Å². The average molecular weight is 374 g/mol. The first kappa shape index (κ1) is 18.8. The number of rotatable bonds is 6. The van der Waals surface area contributed by atoms with E-state index in [9.17, 15) is 18.4 Å². The number of nitrogens with zero attached hydrogens (tertiary/aromatic N) is 1. The van der Waals surface area contributed by atoms with Crippen LogP contribution in [0.3, 0.4) is 0 Å². The van der Waals surface area contributed by atoms with Crippen LogP contribution in [0.5, 0.6) is 5.75 Å². The number of hydrogen-bond donors (Lipinski definition) is 1. The lowest BCUT2D eigenvalue weighted by molar-refractivity contribution is -0.123. The number of carbonyl (C=O) groups excluding carboxylic acids is 2. The lowest BCUT2D eigenvalue weighted by Gasteiger charge is -2.17. The minimum Gasteiger partial charge on any atom is -0.484 e. The zero-order chi connectivity index (χ0) is 19.4. The molecule has 1 atom stereocenters. The highest BCUT2D eigenvalue weighted by Crippen LogP contribution is 2.24. The van der Waals surface area contributed by atoms with Crippen molar-refractivity contribution in [3.05, 3.63) is 59.7 Å². The third kappa shape index (κ3) is 4.61. The van der Waals surface area contributed by atoms with Crippen LogP contribution in [0, 0.1) is 11.6 Å². The first-order valence-corrected chi connectivity index (χ1v) is 8.71. The second-order valence-electron chi connectivity index (χ2n) is 6.39. The molecule has 142 valence electrons. The number of carbonyl (C=O) groups is 2. The summed E-state index contributed by atoms with van der Waals surface area (Å²) < 4.78 is 32.1. The largest absolute Gasteiger partial charge is 0.484 e. The molecule has 0 saturated carbocycles.